The number of carbonyl (C=O) groups excluding carboxylic acids is 1. The summed E-state index contributed by atoms with van der Waals surface area (Å²) in [7, 11) is 0. The molecule has 3 nitrogen and oxygen atoms in total. The Hall–Kier alpha value is -0.980. The van der Waals surface area contributed by atoms with Crippen LogP contribution in [0.3, 0.4) is 0 Å². The Kier molecular flexibility index (Phi) is 2.06. The van der Waals surface area contributed by atoms with Gasteiger partial charge in [0.2, 0.25) is 0 Å². The molecule has 1 aromatic heterocycles. The van der Waals surface area contributed by atoms with Gasteiger partial charge in [-0.3, -0.25) is 4.79 Å². The summed E-state index contributed by atoms with van der Waals surface area (Å²) in [5.41, 5.74) is -1.44. The van der Waals surface area contributed by atoms with E-state index in [0.29, 0.717) is 12.3 Å². The molecule has 0 spiro atoms. The van der Waals surface area contributed by atoms with Gasteiger partial charge in [-0.05, 0) is 0 Å². The van der Waals surface area contributed by atoms with Crippen molar-refractivity contribution in [2.24, 2.45) is 0 Å². The van der Waals surface area contributed by atoms with Gasteiger partial charge in [0.15, 0.2) is 17.1 Å². The van der Waals surface area contributed by atoms with Crippen LogP contribution >= 0.6 is 11.8 Å². The minimum Gasteiger partial charge on any atom is -0.315 e. The highest BCUT2D eigenvalue weighted by atomic mass is 32.2. The Labute approximate surface area is 81.3 Å². The number of aromatic nitrogens is 2. The number of halogens is 3. The van der Waals surface area contributed by atoms with Gasteiger partial charge in [0.1, 0.15) is 5.69 Å². The summed E-state index contributed by atoms with van der Waals surface area (Å²) in [6, 6.07) is 0. The van der Waals surface area contributed by atoms with Crippen molar-refractivity contribution < 1.29 is 18.0 Å². The smallest absolute Gasteiger partial charge is 0.315 e. The van der Waals surface area contributed by atoms with Gasteiger partial charge in [-0.1, -0.05) is 11.8 Å². The topological polar surface area (TPSA) is 34.9 Å². The summed E-state index contributed by atoms with van der Waals surface area (Å²) in [6.07, 6.45) is -4.33. The molecule has 14 heavy (non-hydrogen) atoms. The van der Waals surface area contributed by atoms with Gasteiger partial charge >= 0.3 is 6.18 Å². The summed E-state index contributed by atoms with van der Waals surface area (Å²) in [5, 5.41) is 0.277. The molecule has 2 rings (SSSR count). The lowest BCUT2D eigenvalue weighted by Gasteiger charge is -2.03. The molecule has 7 heteroatoms. The van der Waals surface area contributed by atoms with E-state index < -0.39 is 11.9 Å². The third-order valence-electron chi connectivity index (χ3n) is 1.90. The van der Waals surface area contributed by atoms with Crippen molar-refractivity contribution >= 4 is 18.0 Å². The van der Waals surface area contributed by atoms with E-state index in [4.69, 9.17) is 0 Å². The standard InChI is InChI=1S/C7H5F3N2OS/c8-7(9,10)5-4(3-13)12-1-2-14-6(12)11-5/h3H,1-2H2. The van der Waals surface area contributed by atoms with Crippen LogP contribution in [0.5, 0.6) is 0 Å². The highest BCUT2D eigenvalue weighted by Gasteiger charge is 2.39. The van der Waals surface area contributed by atoms with Gasteiger partial charge in [-0.25, -0.2) is 4.98 Å². The van der Waals surface area contributed by atoms with Crippen LogP contribution in [-0.2, 0) is 12.7 Å². The average Bonchev–Trinajstić information content (AvgIpc) is 2.58. The van der Waals surface area contributed by atoms with Gasteiger partial charge in [0, 0.05) is 12.3 Å². The van der Waals surface area contributed by atoms with Gasteiger partial charge in [-0.15, -0.1) is 0 Å². The van der Waals surface area contributed by atoms with Crippen molar-refractivity contribution in [1.82, 2.24) is 9.55 Å². The van der Waals surface area contributed by atoms with Crippen LogP contribution in [0.15, 0.2) is 5.16 Å². The fourth-order valence-corrected chi connectivity index (χ4v) is 2.28. The molecule has 0 N–H and O–H groups in total. The summed E-state index contributed by atoms with van der Waals surface area (Å²) >= 11 is 1.23. The molecule has 0 unspecified atom stereocenters. The van der Waals surface area contributed by atoms with Crippen molar-refractivity contribution in [3.8, 4) is 0 Å². The van der Waals surface area contributed by atoms with Crippen LogP contribution in [0, 0.1) is 0 Å². The maximum atomic E-state index is 12.3. The zero-order valence-corrected chi connectivity index (χ0v) is 7.65. The largest absolute Gasteiger partial charge is 0.435 e. The number of alkyl halides is 3. The first-order chi connectivity index (χ1) is 6.54. The molecule has 0 aromatic carbocycles. The minimum absolute atomic E-state index is 0.213. The third-order valence-corrected chi connectivity index (χ3v) is 2.85. The minimum atomic E-state index is -4.55. The first-order valence-electron chi connectivity index (χ1n) is 3.79. The lowest BCUT2D eigenvalue weighted by molar-refractivity contribution is -0.141. The summed E-state index contributed by atoms with van der Waals surface area (Å²) in [6.45, 7) is 0.414. The molecule has 76 valence electrons. The fraction of sp³-hybridized carbons (Fsp3) is 0.429. The van der Waals surface area contributed by atoms with Crippen LogP contribution in [0.2, 0.25) is 0 Å². The molecular formula is C7H5F3N2OS. The van der Waals surface area contributed by atoms with Gasteiger partial charge in [-0.2, -0.15) is 13.2 Å². The van der Waals surface area contributed by atoms with Crippen LogP contribution in [0.25, 0.3) is 0 Å². The molecule has 0 saturated heterocycles. The molecule has 0 saturated carbocycles. The lowest BCUT2D eigenvalue weighted by atomic mass is 10.3. The molecule has 1 aromatic rings. The van der Waals surface area contributed by atoms with E-state index in [1.807, 2.05) is 0 Å². The molecule has 0 atom stereocenters. The Morgan fingerprint density at radius 1 is 1.50 bits per heavy atom. The van der Waals surface area contributed by atoms with E-state index in [1.54, 1.807) is 0 Å². The second-order valence-electron chi connectivity index (χ2n) is 2.74. The Balaban J connectivity index is 2.58. The van der Waals surface area contributed by atoms with Crippen LogP contribution in [-0.4, -0.2) is 21.6 Å². The Bertz CT molecular complexity index is 385. The fourth-order valence-electron chi connectivity index (χ4n) is 1.33. The van der Waals surface area contributed by atoms with Crippen molar-refractivity contribution in [3.05, 3.63) is 11.4 Å². The zero-order chi connectivity index (χ0) is 10.3. The number of rotatable bonds is 1. The number of hydrogen-bond donors (Lipinski definition) is 0. The maximum Gasteiger partial charge on any atom is 0.435 e. The van der Waals surface area contributed by atoms with Gasteiger partial charge in [0.25, 0.3) is 0 Å². The van der Waals surface area contributed by atoms with Crippen LogP contribution in [0.4, 0.5) is 13.2 Å². The monoisotopic (exact) mass is 222 g/mol. The predicted octanol–water partition coefficient (Wildman–Crippen LogP) is 1.82. The predicted molar refractivity (Wildman–Crippen MR) is 43.3 cm³/mol. The number of hydrogen-bond acceptors (Lipinski definition) is 3. The summed E-state index contributed by atoms with van der Waals surface area (Å²) in [5.74, 6) is 0.668. The van der Waals surface area contributed by atoms with Crippen molar-refractivity contribution in [2.45, 2.75) is 17.9 Å². The van der Waals surface area contributed by atoms with Crippen LogP contribution in [0.1, 0.15) is 16.2 Å². The van der Waals surface area contributed by atoms with Crippen LogP contribution < -0.4 is 0 Å². The third kappa shape index (κ3) is 1.31. The van der Waals surface area contributed by atoms with E-state index in [2.05, 4.69) is 4.98 Å². The molecule has 1 aliphatic heterocycles. The number of aldehydes is 1. The average molecular weight is 222 g/mol. The molecule has 0 radical (unpaired) electrons. The van der Waals surface area contributed by atoms with Gasteiger partial charge < -0.3 is 4.57 Å². The maximum absolute atomic E-state index is 12.3. The number of thioether (sulfide) groups is 1. The van der Waals surface area contributed by atoms with E-state index in [9.17, 15) is 18.0 Å². The molecule has 0 amide bonds. The normalized spacial score (nSPS) is 15.6. The molecule has 0 aliphatic carbocycles. The highest BCUT2D eigenvalue weighted by Crippen LogP contribution is 2.35. The molecular weight excluding hydrogens is 217 g/mol. The lowest BCUT2D eigenvalue weighted by Crippen LogP contribution is -2.11. The second kappa shape index (κ2) is 3.01. The van der Waals surface area contributed by atoms with E-state index in [-0.39, 0.29) is 17.1 Å². The number of imidazole rings is 1. The Morgan fingerprint density at radius 3 is 2.79 bits per heavy atom. The summed E-state index contributed by atoms with van der Waals surface area (Å²) < 4.78 is 38.3. The van der Waals surface area contributed by atoms with Crippen molar-refractivity contribution in [2.75, 3.05) is 5.75 Å². The van der Waals surface area contributed by atoms with Crippen molar-refractivity contribution in [3.63, 3.8) is 0 Å². The number of carbonyl (C=O) groups is 1. The first-order valence-corrected chi connectivity index (χ1v) is 4.78. The zero-order valence-electron chi connectivity index (χ0n) is 6.84. The first kappa shape index (κ1) is 9.57. The van der Waals surface area contributed by atoms with E-state index in [0.717, 1.165) is 0 Å². The van der Waals surface area contributed by atoms with E-state index in [1.165, 1.54) is 16.3 Å². The van der Waals surface area contributed by atoms with E-state index >= 15 is 0 Å². The Morgan fingerprint density at radius 2 is 2.21 bits per heavy atom. The molecule has 1 aliphatic rings. The number of fused-ring (bicyclic) bond motifs is 1. The molecule has 0 fully saturated rings. The SMILES string of the molecule is O=Cc1c(C(F)(F)F)nc2n1CCS2. The number of nitrogens with zero attached hydrogens (tertiary/aromatic N) is 2. The van der Waals surface area contributed by atoms with Gasteiger partial charge in [0.05, 0.1) is 0 Å². The molecule has 2 heterocycles. The highest BCUT2D eigenvalue weighted by molar-refractivity contribution is 7.99. The quantitative estimate of drug-likeness (QED) is 0.680. The molecule has 0 bridgehead atoms. The second-order valence-corrected chi connectivity index (χ2v) is 3.81. The van der Waals surface area contributed by atoms with Crippen molar-refractivity contribution in [1.29, 1.82) is 0 Å². The summed E-state index contributed by atoms with van der Waals surface area (Å²) in [4.78, 5) is 13.9.